The number of ether oxygens (including phenoxy) is 2. The summed E-state index contributed by atoms with van der Waals surface area (Å²) in [5.41, 5.74) is 6.02. The van der Waals surface area contributed by atoms with E-state index in [0.29, 0.717) is 23.5 Å². The zero-order valence-electron chi connectivity index (χ0n) is 15.5. The third kappa shape index (κ3) is 5.20. The monoisotopic (exact) mass is 385 g/mol. The highest BCUT2D eigenvalue weighted by atomic mass is 19.1. The molecule has 3 N–H and O–H groups in total. The van der Waals surface area contributed by atoms with Crippen molar-refractivity contribution in [1.29, 1.82) is 5.26 Å². The lowest BCUT2D eigenvalue weighted by Gasteiger charge is -2.12. The molecule has 0 saturated heterocycles. The van der Waals surface area contributed by atoms with E-state index in [4.69, 9.17) is 20.5 Å². The first-order valence-electron chi connectivity index (χ1n) is 8.46. The van der Waals surface area contributed by atoms with E-state index in [9.17, 15) is 14.0 Å². The number of methoxy groups -OCH3 is 1. The molecule has 0 heterocycles. The minimum Gasteiger partial charge on any atom is -0.493 e. The molecule has 7 nitrogen and oxygen atoms in total. The third-order valence-electron chi connectivity index (χ3n) is 4.00. The predicted molar refractivity (Wildman–Crippen MR) is 101 cm³/mol. The number of amides is 2. The molecule has 0 radical (unpaired) electrons. The first-order valence-corrected chi connectivity index (χ1v) is 8.46. The van der Waals surface area contributed by atoms with Crippen LogP contribution >= 0.6 is 0 Å². The number of hydrogen-bond donors (Lipinski definition) is 2. The van der Waals surface area contributed by atoms with Crippen molar-refractivity contribution in [3.8, 4) is 17.6 Å². The maximum absolute atomic E-state index is 13.9. The summed E-state index contributed by atoms with van der Waals surface area (Å²) in [6.07, 6.45) is 0.520. The molecule has 0 spiro atoms. The summed E-state index contributed by atoms with van der Waals surface area (Å²) >= 11 is 0. The zero-order valence-corrected chi connectivity index (χ0v) is 15.5. The van der Waals surface area contributed by atoms with Crippen LogP contribution in [0.15, 0.2) is 30.3 Å². The number of carbonyl (C=O) groups is 2. The number of hydrogen-bond acceptors (Lipinski definition) is 5. The van der Waals surface area contributed by atoms with E-state index in [0.717, 1.165) is 6.07 Å². The van der Waals surface area contributed by atoms with Crippen molar-refractivity contribution in [3.05, 3.63) is 52.8 Å². The van der Waals surface area contributed by atoms with Crippen molar-refractivity contribution in [1.82, 2.24) is 0 Å². The van der Waals surface area contributed by atoms with Gasteiger partial charge in [0.05, 0.1) is 25.3 Å². The molecule has 0 unspecified atom stereocenters. The summed E-state index contributed by atoms with van der Waals surface area (Å²) in [4.78, 5) is 23.3. The van der Waals surface area contributed by atoms with Gasteiger partial charge in [0, 0.05) is 29.3 Å². The molecule has 0 aliphatic heterocycles. The Hall–Kier alpha value is -3.60. The van der Waals surface area contributed by atoms with Gasteiger partial charge >= 0.3 is 0 Å². The fourth-order valence-electron chi connectivity index (χ4n) is 2.43. The lowest BCUT2D eigenvalue weighted by atomic mass is 10.1. The van der Waals surface area contributed by atoms with Crippen LogP contribution < -0.4 is 20.5 Å². The van der Waals surface area contributed by atoms with Crippen LogP contribution in [0.2, 0.25) is 0 Å². The van der Waals surface area contributed by atoms with Crippen LogP contribution in [0.4, 0.5) is 10.1 Å². The molecule has 2 rings (SSSR count). The van der Waals surface area contributed by atoms with Crippen molar-refractivity contribution in [2.75, 3.05) is 19.0 Å². The second-order valence-electron chi connectivity index (χ2n) is 5.97. The van der Waals surface area contributed by atoms with Crippen LogP contribution in [0.25, 0.3) is 0 Å². The Balaban J connectivity index is 1.91. The van der Waals surface area contributed by atoms with Gasteiger partial charge in [-0.3, -0.25) is 9.59 Å². The number of nitrogens with zero attached hydrogens (tertiary/aromatic N) is 1. The van der Waals surface area contributed by atoms with Gasteiger partial charge in [0.1, 0.15) is 5.82 Å². The molecule has 8 heteroatoms. The van der Waals surface area contributed by atoms with E-state index in [1.807, 2.05) is 6.07 Å². The largest absolute Gasteiger partial charge is 0.493 e. The average molecular weight is 385 g/mol. The molecule has 0 atom stereocenters. The molecule has 0 aliphatic carbocycles. The van der Waals surface area contributed by atoms with Crippen LogP contribution in [0, 0.1) is 24.1 Å². The van der Waals surface area contributed by atoms with Crippen LogP contribution in [0.1, 0.15) is 34.3 Å². The number of nitrogens with one attached hydrogen (secondary N) is 1. The Kier molecular flexibility index (Phi) is 6.93. The van der Waals surface area contributed by atoms with Crippen molar-refractivity contribution in [2.24, 2.45) is 5.73 Å². The second-order valence-corrected chi connectivity index (χ2v) is 5.97. The predicted octanol–water partition coefficient (Wildman–Crippen LogP) is 2.91. The molecule has 2 amide bonds. The summed E-state index contributed by atoms with van der Waals surface area (Å²) in [6, 6.07) is 9.18. The normalized spacial score (nSPS) is 10.1. The summed E-state index contributed by atoms with van der Waals surface area (Å²) in [5.74, 6) is -0.853. The first kappa shape index (κ1) is 20.7. The highest BCUT2D eigenvalue weighted by molar-refractivity contribution is 5.97. The van der Waals surface area contributed by atoms with Crippen LogP contribution in [-0.4, -0.2) is 25.5 Å². The topological polar surface area (TPSA) is 114 Å². The molecule has 0 aromatic heterocycles. The van der Waals surface area contributed by atoms with E-state index < -0.39 is 11.7 Å². The fourth-order valence-corrected chi connectivity index (χ4v) is 2.43. The van der Waals surface area contributed by atoms with Crippen LogP contribution in [-0.2, 0) is 4.79 Å². The summed E-state index contributed by atoms with van der Waals surface area (Å²) < 4.78 is 24.6. The average Bonchev–Trinajstić information content (AvgIpc) is 2.68. The van der Waals surface area contributed by atoms with Gasteiger partial charge in [-0.25, -0.2) is 4.39 Å². The second kappa shape index (κ2) is 9.37. The van der Waals surface area contributed by atoms with Gasteiger partial charge < -0.3 is 20.5 Å². The molecule has 146 valence electrons. The maximum atomic E-state index is 13.9. The van der Waals surface area contributed by atoms with Gasteiger partial charge in [0.25, 0.3) is 0 Å². The number of primary amides is 1. The Morgan fingerprint density at radius 3 is 2.64 bits per heavy atom. The van der Waals surface area contributed by atoms with Crippen molar-refractivity contribution < 1.29 is 23.5 Å². The minimum atomic E-state index is -0.779. The molecule has 28 heavy (non-hydrogen) atoms. The van der Waals surface area contributed by atoms with Gasteiger partial charge in [-0.1, -0.05) is 0 Å². The Morgan fingerprint density at radius 2 is 2.00 bits per heavy atom. The molecular weight excluding hydrogens is 365 g/mol. The molecule has 0 aliphatic rings. The van der Waals surface area contributed by atoms with Crippen molar-refractivity contribution in [2.45, 2.75) is 19.8 Å². The Morgan fingerprint density at radius 1 is 1.25 bits per heavy atom. The fraction of sp³-hybridized carbons (Fsp3) is 0.250. The number of benzene rings is 2. The minimum absolute atomic E-state index is 0.0188. The van der Waals surface area contributed by atoms with E-state index in [1.165, 1.54) is 20.1 Å². The highest BCUT2D eigenvalue weighted by Crippen LogP contribution is 2.28. The van der Waals surface area contributed by atoms with E-state index in [-0.39, 0.29) is 35.7 Å². The number of nitrogens with two attached hydrogens (primary N) is 1. The van der Waals surface area contributed by atoms with Crippen LogP contribution in [0.5, 0.6) is 11.5 Å². The van der Waals surface area contributed by atoms with Gasteiger partial charge in [-0.15, -0.1) is 0 Å². The summed E-state index contributed by atoms with van der Waals surface area (Å²) in [5, 5.41) is 11.5. The zero-order chi connectivity index (χ0) is 20.7. The molecule has 0 fully saturated rings. The number of anilines is 1. The standard InChI is InChI=1S/C20H20FN3O4/c1-12-15(21)9-14(20(23)26)10-16(12)24-19(25)4-3-7-28-17-6-5-13(11-22)8-18(17)27-2/h5-6,8-10H,3-4,7H2,1-2H3,(H2,23,26)(H,24,25). The van der Waals surface area contributed by atoms with Gasteiger partial charge in [0.15, 0.2) is 11.5 Å². The Bertz CT molecular complexity index is 938. The van der Waals surface area contributed by atoms with E-state index in [1.54, 1.807) is 18.2 Å². The first-order chi connectivity index (χ1) is 13.3. The third-order valence-corrected chi connectivity index (χ3v) is 4.00. The highest BCUT2D eigenvalue weighted by Gasteiger charge is 2.13. The van der Waals surface area contributed by atoms with Crippen molar-refractivity contribution in [3.63, 3.8) is 0 Å². The van der Waals surface area contributed by atoms with Gasteiger partial charge in [-0.05, 0) is 37.6 Å². The number of carbonyl (C=O) groups excluding carboxylic acids is 2. The summed E-state index contributed by atoms with van der Waals surface area (Å²) in [7, 11) is 1.47. The van der Waals surface area contributed by atoms with E-state index in [2.05, 4.69) is 5.32 Å². The lowest BCUT2D eigenvalue weighted by Crippen LogP contribution is -2.16. The Labute approximate surface area is 161 Å². The maximum Gasteiger partial charge on any atom is 0.248 e. The van der Waals surface area contributed by atoms with Crippen LogP contribution in [0.3, 0.4) is 0 Å². The quantitative estimate of drug-likeness (QED) is 0.678. The number of halogens is 1. The van der Waals surface area contributed by atoms with E-state index >= 15 is 0 Å². The van der Waals surface area contributed by atoms with Crippen molar-refractivity contribution >= 4 is 17.5 Å². The number of nitriles is 1. The molecule has 0 bridgehead atoms. The van der Waals surface area contributed by atoms with Gasteiger partial charge in [-0.2, -0.15) is 5.26 Å². The molecule has 2 aromatic carbocycles. The molecule has 0 saturated carbocycles. The summed E-state index contributed by atoms with van der Waals surface area (Å²) in [6.45, 7) is 1.74. The SMILES string of the molecule is COc1cc(C#N)ccc1OCCCC(=O)Nc1cc(C(N)=O)cc(F)c1C. The number of rotatable bonds is 8. The molecular formula is C20H20FN3O4. The lowest BCUT2D eigenvalue weighted by molar-refractivity contribution is -0.116. The van der Waals surface area contributed by atoms with Gasteiger partial charge in [0.2, 0.25) is 11.8 Å². The molecule has 2 aromatic rings. The smallest absolute Gasteiger partial charge is 0.248 e.